The van der Waals surface area contributed by atoms with Crippen molar-refractivity contribution in [2.45, 2.75) is 33.1 Å². The summed E-state index contributed by atoms with van der Waals surface area (Å²) in [6.45, 7) is 4.28. The van der Waals surface area contributed by atoms with Gasteiger partial charge in [0.2, 0.25) is 0 Å². The Kier molecular flexibility index (Phi) is 6.72. The molecule has 1 rings (SSSR count). The van der Waals surface area contributed by atoms with Crippen molar-refractivity contribution >= 4 is 11.7 Å². The average Bonchev–Trinajstić information content (AvgIpc) is 2.44. The molecule has 0 saturated carbocycles. The van der Waals surface area contributed by atoms with Gasteiger partial charge in [0.05, 0.1) is 19.3 Å². The molecule has 0 bridgehead atoms. The van der Waals surface area contributed by atoms with Crippen molar-refractivity contribution < 1.29 is 14.3 Å². The Hall–Kier alpha value is -1.77. The van der Waals surface area contributed by atoms with Crippen LogP contribution in [0.25, 0.3) is 5.76 Å². The molecule has 0 radical (unpaired) electrons. The topological polar surface area (TPSA) is 35.5 Å². The van der Waals surface area contributed by atoms with Crippen molar-refractivity contribution in [3.8, 4) is 0 Å². The van der Waals surface area contributed by atoms with Crippen LogP contribution in [0, 0.1) is 0 Å². The van der Waals surface area contributed by atoms with Crippen LogP contribution in [-0.4, -0.2) is 19.7 Å². The smallest absolute Gasteiger partial charge is 0.337 e. The van der Waals surface area contributed by atoms with Crippen LogP contribution < -0.4 is 0 Å². The second-order valence-corrected chi connectivity index (χ2v) is 4.20. The van der Waals surface area contributed by atoms with Gasteiger partial charge in [-0.1, -0.05) is 43.7 Å². The number of hydrogen-bond acceptors (Lipinski definition) is 3. The summed E-state index contributed by atoms with van der Waals surface area (Å²) < 4.78 is 10.6. The van der Waals surface area contributed by atoms with Gasteiger partial charge in [0.1, 0.15) is 5.76 Å². The van der Waals surface area contributed by atoms with Gasteiger partial charge in [-0.05, 0) is 19.8 Å². The number of carbonyl (C=O) groups is 1. The highest BCUT2D eigenvalue weighted by molar-refractivity contribution is 5.96. The third-order valence-corrected chi connectivity index (χ3v) is 2.82. The molecule has 0 aromatic heterocycles. The number of methoxy groups -OCH3 is 1. The predicted molar refractivity (Wildman–Crippen MR) is 76.5 cm³/mol. The van der Waals surface area contributed by atoms with Gasteiger partial charge in [-0.3, -0.25) is 0 Å². The molecular weight excluding hydrogens is 240 g/mol. The van der Waals surface area contributed by atoms with Crippen LogP contribution in [0.5, 0.6) is 0 Å². The third kappa shape index (κ3) is 4.43. The number of carbonyl (C=O) groups excluding carboxylic acids is 1. The maximum Gasteiger partial charge on any atom is 0.337 e. The molecule has 0 fully saturated rings. The molecule has 1 aromatic carbocycles. The van der Waals surface area contributed by atoms with Gasteiger partial charge in [0.25, 0.3) is 0 Å². The molecular formula is C16H22O3. The molecule has 19 heavy (non-hydrogen) atoms. The summed E-state index contributed by atoms with van der Waals surface area (Å²) in [7, 11) is 1.59. The van der Waals surface area contributed by atoms with Crippen LogP contribution in [0.3, 0.4) is 0 Å². The highest BCUT2D eigenvalue weighted by Crippen LogP contribution is 2.24. The molecule has 0 aliphatic rings. The Morgan fingerprint density at radius 3 is 2.37 bits per heavy atom. The zero-order chi connectivity index (χ0) is 14.1. The van der Waals surface area contributed by atoms with Gasteiger partial charge in [0.15, 0.2) is 0 Å². The van der Waals surface area contributed by atoms with Crippen LogP contribution in [0.1, 0.15) is 38.7 Å². The van der Waals surface area contributed by atoms with Gasteiger partial charge in [-0.2, -0.15) is 0 Å². The molecule has 0 aliphatic carbocycles. The fourth-order valence-corrected chi connectivity index (χ4v) is 1.88. The molecule has 0 spiro atoms. The molecule has 3 nitrogen and oxygen atoms in total. The highest BCUT2D eigenvalue weighted by atomic mass is 16.5. The fraction of sp³-hybridized carbons (Fsp3) is 0.438. The standard InChI is InChI=1S/C16H22O3/c1-4-6-12-14(16(17)19-5-2)15(18-3)13-10-8-7-9-11-13/h7-11H,4-6,12H2,1-3H3/b15-14-. The first-order chi connectivity index (χ1) is 9.24. The fourth-order valence-electron chi connectivity index (χ4n) is 1.88. The molecule has 0 saturated heterocycles. The lowest BCUT2D eigenvalue weighted by atomic mass is 10.0. The van der Waals surface area contributed by atoms with Gasteiger partial charge >= 0.3 is 5.97 Å². The van der Waals surface area contributed by atoms with E-state index in [1.54, 1.807) is 7.11 Å². The Morgan fingerprint density at radius 2 is 1.84 bits per heavy atom. The van der Waals surface area contributed by atoms with Gasteiger partial charge in [-0.25, -0.2) is 4.79 Å². The van der Waals surface area contributed by atoms with E-state index in [-0.39, 0.29) is 5.97 Å². The summed E-state index contributed by atoms with van der Waals surface area (Å²) in [5.74, 6) is 0.337. The zero-order valence-electron chi connectivity index (χ0n) is 11.9. The molecule has 104 valence electrons. The largest absolute Gasteiger partial charge is 0.496 e. The van der Waals surface area contributed by atoms with Crippen LogP contribution in [0.4, 0.5) is 0 Å². The van der Waals surface area contributed by atoms with E-state index in [1.165, 1.54) is 0 Å². The normalized spacial score (nSPS) is 11.7. The minimum atomic E-state index is -0.281. The van der Waals surface area contributed by atoms with E-state index in [4.69, 9.17) is 9.47 Å². The lowest BCUT2D eigenvalue weighted by Crippen LogP contribution is -2.11. The maximum atomic E-state index is 12.1. The van der Waals surface area contributed by atoms with Crippen LogP contribution in [-0.2, 0) is 14.3 Å². The number of unbranched alkanes of at least 4 members (excludes halogenated alkanes) is 1. The number of ether oxygens (including phenoxy) is 2. The summed E-state index contributed by atoms with van der Waals surface area (Å²) >= 11 is 0. The first-order valence-corrected chi connectivity index (χ1v) is 6.74. The molecule has 0 unspecified atom stereocenters. The van der Waals surface area contributed by atoms with Gasteiger partial charge in [-0.15, -0.1) is 0 Å². The summed E-state index contributed by atoms with van der Waals surface area (Å²) in [4.78, 5) is 12.1. The monoisotopic (exact) mass is 262 g/mol. The Bertz CT molecular complexity index is 421. The molecule has 3 heteroatoms. The lowest BCUT2D eigenvalue weighted by molar-refractivity contribution is -0.138. The number of benzene rings is 1. The minimum absolute atomic E-state index is 0.281. The second kappa shape index (κ2) is 8.35. The number of esters is 1. The van der Waals surface area contributed by atoms with Crippen LogP contribution in [0.2, 0.25) is 0 Å². The summed E-state index contributed by atoms with van der Waals surface area (Å²) in [6.07, 6.45) is 2.63. The van der Waals surface area contributed by atoms with E-state index >= 15 is 0 Å². The van der Waals surface area contributed by atoms with E-state index in [9.17, 15) is 4.79 Å². The SMILES string of the molecule is CCCC/C(C(=O)OCC)=C(/OC)c1ccccc1. The van der Waals surface area contributed by atoms with Crippen LogP contribution >= 0.6 is 0 Å². The minimum Gasteiger partial charge on any atom is -0.496 e. The van der Waals surface area contributed by atoms with Crippen molar-refractivity contribution in [3.63, 3.8) is 0 Å². The summed E-state index contributed by atoms with van der Waals surface area (Å²) in [6, 6.07) is 9.66. The van der Waals surface area contributed by atoms with Crippen LogP contribution in [0.15, 0.2) is 35.9 Å². The van der Waals surface area contributed by atoms with E-state index in [0.717, 1.165) is 18.4 Å². The Labute approximate surface area is 115 Å². The zero-order valence-corrected chi connectivity index (χ0v) is 11.9. The molecule has 0 N–H and O–H groups in total. The lowest BCUT2D eigenvalue weighted by Gasteiger charge is -2.13. The van der Waals surface area contributed by atoms with E-state index < -0.39 is 0 Å². The second-order valence-electron chi connectivity index (χ2n) is 4.20. The quantitative estimate of drug-likeness (QED) is 0.426. The van der Waals surface area contributed by atoms with Crippen molar-refractivity contribution in [1.29, 1.82) is 0 Å². The summed E-state index contributed by atoms with van der Waals surface area (Å²) in [5, 5.41) is 0. The van der Waals surface area contributed by atoms with Crippen molar-refractivity contribution in [2.24, 2.45) is 0 Å². The highest BCUT2D eigenvalue weighted by Gasteiger charge is 2.18. The van der Waals surface area contributed by atoms with Crippen molar-refractivity contribution in [2.75, 3.05) is 13.7 Å². The third-order valence-electron chi connectivity index (χ3n) is 2.82. The molecule has 0 amide bonds. The van der Waals surface area contributed by atoms with E-state index in [2.05, 4.69) is 6.92 Å². The Balaban J connectivity index is 3.14. The summed E-state index contributed by atoms with van der Waals surface area (Å²) in [5.41, 5.74) is 1.53. The molecule has 0 aliphatic heterocycles. The average molecular weight is 262 g/mol. The van der Waals surface area contributed by atoms with Gasteiger partial charge in [0, 0.05) is 5.56 Å². The first kappa shape index (κ1) is 15.3. The maximum absolute atomic E-state index is 12.1. The predicted octanol–water partition coefficient (Wildman–Crippen LogP) is 3.80. The molecule has 0 atom stereocenters. The number of rotatable bonds is 7. The number of hydrogen-bond donors (Lipinski definition) is 0. The van der Waals surface area contributed by atoms with Gasteiger partial charge < -0.3 is 9.47 Å². The Morgan fingerprint density at radius 1 is 1.16 bits per heavy atom. The van der Waals surface area contributed by atoms with E-state index in [1.807, 2.05) is 37.3 Å². The molecule has 0 heterocycles. The first-order valence-electron chi connectivity index (χ1n) is 6.74. The van der Waals surface area contributed by atoms with Crippen molar-refractivity contribution in [3.05, 3.63) is 41.5 Å². The molecule has 1 aromatic rings. The van der Waals surface area contributed by atoms with E-state index in [0.29, 0.717) is 24.4 Å². The van der Waals surface area contributed by atoms with Crippen molar-refractivity contribution in [1.82, 2.24) is 0 Å².